The zero-order valence-electron chi connectivity index (χ0n) is 13.4. The Morgan fingerprint density at radius 3 is 2.83 bits per heavy atom. The summed E-state index contributed by atoms with van der Waals surface area (Å²) in [6.07, 6.45) is 6.02. The lowest BCUT2D eigenvalue weighted by Crippen LogP contribution is -2.49. The van der Waals surface area contributed by atoms with Crippen LogP contribution in [0.3, 0.4) is 0 Å². The molecule has 1 atom stereocenters. The van der Waals surface area contributed by atoms with E-state index in [1.807, 2.05) is 4.90 Å². The molecule has 7 heteroatoms. The molecule has 3 rings (SSSR count). The number of likely N-dealkylation sites (tertiary alicyclic amines) is 1. The van der Waals surface area contributed by atoms with Crippen LogP contribution in [-0.2, 0) is 4.74 Å². The average Bonchev–Trinajstić information content (AvgIpc) is 3.22. The topological polar surface area (TPSA) is 75.9 Å². The minimum absolute atomic E-state index is 0.132. The van der Waals surface area contributed by atoms with E-state index >= 15 is 0 Å². The molecular formula is C16H23N3O4. The molecule has 0 spiro atoms. The lowest BCUT2D eigenvalue weighted by atomic mass is 10.00. The molecule has 23 heavy (non-hydrogen) atoms. The van der Waals surface area contributed by atoms with E-state index < -0.39 is 0 Å². The van der Waals surface area contributed by atoms with Crippen LogP contribution in [0.1, 0.15) is 49.6 Å². The second kappa shape index (κ2) is 7.02. The molecule has 1 aromatic heterocycles. The number of piperidine rings is 1. The molecule has 126 valence electrons. The van der Waals surface area contributed by atoms with Crippen molar-refractivity contribution in [2.75, 3.05) is 19.7 Å². The Labute approximate surface area is 135 Å². The van der Waals surface area contributed by atoms with Crippen molar-refractivity contribution in [3.63, 3.8) is 0 Å². The van der Waals surface area contributed by atoms with Crippen LogP contribution < -0.4 is 0 Å². The predicted molar refractivity (Wildman–Crippen MR) is 81.9 cm³/mol. The van der Waals surface area contributed by atoms with E-state index in [9.17, 15) is 9.59 Å². The third-order valence-electron chi connectivity index (χ3n) is 4.69. The van der Waals surface area contributed by atoms with Crippen LogP contribution in [-0.4, -0.2) is 58.7 Å². The van der Waals surface area contributed by atoms with Crippen LogP contribution >= 0.6 is 0 Å². The maximum absolute atomic E-state index is 12.2. The summed E-state index contributed by atoms with van der Waals surface area (Å²) in [5.41, 5.74) is 0. The van der Waals surface area contributed by atoms with Crippen molar-refractivity contribution in [2.24, 2.45) is 0 Å². The second-order valence-corrected chi connectivity index (χ2v) is 6.18. The number of carbonyl (C=O) groups excluding carboxylic acids is 2. The van der Waals surface area contributed by atoms with Crippen molar-refractivity contribution >= 4 is 12.0 Å². The van der Waals surface area contributed by atoms with Crippen LogP contribution in [0.2, 0.25) is 0 Å². The molecule has 2 aliphatic rings. The van der Waals surface area contributed by atoms with Crippen molar-refractivity contribution in [2.45, 2.75) is 51.1 Å². The third-order valence-corrected chi connectivity index (χ3v) is 4.69. The van der Waals surface area contributed by atoms with E-state index in [0.29, 0.717) is 19.7 Å². The van der Waals surface area contributed by atoms with E-state index in [-0.39, 0.29) is 29.8 Å². The van der Waals surface area contributed by atoms with Crippen molar-refractivity contribution in [1.82, 2.24) is 15.0 Å². The zero-order chi connectivity index (χ0) is 16.2. The van der Waals surface area contributed by atoms with Crippen LogP contribution in [0, 0.1) is 0 Å². The number of ether oxygens (including phenoxy) is 1. The minimum Gasteiger partial charge on any atom is -0.447 e. The highest BCUT2D eigenvalue weighted by atomic mass is 16.6. The Kier molecular flexibility index (Phi) is 4.83. The van der Waals surface area contributed by atoms with Gasteiger partial charge in [0.2, 0.25) is 5.76 Å². The number of aromatic nitrogens is 1. The zero-order valence-corrected chi connectivity index (χ0v) is 13.4. The summed E-state index contributed by atoms with van der Waals surface area (Å²) in [4.78, 5) is 28.0. The van der Waals surface area contributed by atoms with Crippen molar-refractivity contribution in [3.05, 3.63) is 18.0 Å². The molecule has 2 aliphatic heterocycles. The SMILES string of the molecule is CCCCC1COC(=O)N1C1CCN(C(=O)c2ccno2)CC1. The summed E-state index contributed by atoms with van der Waals surface area (Å²) in [6.45, 7) is 3.88. The number of hydrogen-bond donors (Lipinski definition) is 0. The smallest absolute Gasteiger partial charge is 0.410 e. The molecule has 0 aliphatic carbocycles. The number of nitrogens with zero attached hydrogens (tertiary/aromatic N) is 3. The third kappa shape index (κ3) is 3.33. The quantitative estimate of drug-likeness (QED) is 0.831. The number of carbonyl (C=O) groups is 2. The molecule has 1 aromatic rings. The van der Waals surface area contributed by atoms with E-state index in [1.54, 1.807) is 11.0 Å². The standard InChI is InChI=1S/C16H23N3O4/c1-2-3-4-13-11-22-16(21)19(13)12-6-9-18(10-7-12)15(20)14-5-8-17-23-14/h5,8,12-13H,2-4,6-7,9-11H2,1H3. The van der Waals surface area contributed by atoms with Gasteiger partial charge in [0.05, 0.1) is 12.2 Å². The first-order valence-corrected chi connectivity index (χ1v) is 8.35. The first-order chi connectivity index (χ1) is 11.2. The molecule has 0 radical (unpaired) electrons. The number of cyclic esters (lactones) is 1. The van der Waals surface area contributed by atoms with Gasteiger partial charge in [-0.2, -0.15) is 0 Å². The monoisotopic (exact) mass is 321 g/mol. The van der Waals surface area contributed by atoms with Gasteiger partial charge in [0, 0.05) is 25.2 Å². The van der Waals surface area contributed by atoms with Gasteiger partial charge in [-0.1, -0.05) is 24.9 Å². The van der Waals surface area contributed by atoms with Crippen LogP contribution in [0.25, 0.3) is 0 Å². The summed E-state index contributed by atoms with van der Waals surface area (Å²) in [7, 11) is 0. The van der Waals surface area contributed by atoms with Crippen LogP contribution in [0.4, 0.5) is 4.79 Å². The summed E-state index contributed by atoms with van der Waals surface area (Å²) in [6, 6.07) is 1.92. The van der Waals surface area contributed by atoms with Crippen molar-refractivity contribution in [1.29, 1.82) is 0 Å². The number of rotatable bonds is 5. The van der Waals surface area contributed by atoms with E-state index in [2.05, 4.69) is 12.1 Å². The number of amides is 2. The molecule has 3 heterocycles. The highest BCUT2D eigenvalue weighted by Gasteiger charge is 2.39. The molecule has 2 fully saturated rings. The van der Waals surface area contributed by atoms with Gasteiger partial charge < -0.3 is 14.2 Å². The minimum atomic E-state index is -0.203. The molecule has 0 N–H and O–H groups in total. The van der Waals surface area contributed by atoms with Crippen molar-refractivity contribution < 1.29 is 18.8 Å². The second-order valence-electron chi connectivity index (χ2n) is 6.18. The predicted octanol–water partition coefficient (Wildman–Crippen LogP) is 2.29. The molecular weight excluding hydrogens is 298 g/mol. The molecule has 1 unspecified atom stereocenters. The molecule has 2 saturated heterocycles. The van der Waals surface area contributed by atoms with Gasteiger partial charge in [-0.05, 0) is 19.3 Å². The Hall–Kier alpha value is -2.05. The highest BCUT2D eigenvalue weighted by molar-refractivity contribution is 5.91. The molecule has 0 saturated carbocycles. The summed E-state index contributed by atoms with van der Waals surface area (Å²) < 4.78 is 10.2. The summed E-state index contributed by atoms with van der Waals surface area (Å²) in [5, 5.41) is 3.57. The number of hydrogen-bond acceptors (Lipinski definition) is 5. The van der Waals surface area contributed by atoms with E-state index in [1.165, 1.54) is 6.20 Å². The first-order valence-electron chi connectivity index (χ1n) is 8.35. The summed E-state index contributed by atoms with van der Waals surface area (Å²) >= 11 is 0. The molecule has 7 nitrogen and oxygen atoms in total. The van der Waals surface area contributed by atoms with Crippen molar-refractivity contribution in [3.8, 4) is 0 Å². The Morgan fingerprint density at radius 2 is 2.17 bits per heavy atom. The van der Waals surface area contributed by atoms with Gasteiger partial charge in [0.25, 0.3) is 5.91 Å². The molecule has 2 amide bonds. The van der Waals surface area contributed by atoms with Crippen LogP contribution in [0.5, 0.6) is 0 Å². The molecule has 0 aromatic carbocycles. The van der Waals surface area contributed by atoms with Gasteiger partial charge >= 0.3 is 6.09 Å². The highest BCUT2D eigenvalue weighted by Crippen LogP contribution is 2.26. The van der Waals surface area contributed by atoms with Gasteiger partial charge in [-0.25, -0.2) is 4.79 Å². The lowest BCUT2D eigenvalue weighted by molar-refractivity contribution is 0.0595. The largest absolute Gasteiger partial charge is 0.447 e. The Morgan fingerprint density at radius 1 is 1.39 bits per heavy atom. The van der Waals surface area contributed by atoms with Gasteiger partial charge in [0.1, 0.15) is 6.61 Å². The fraction of sp³-hybridized carbons (Fsp3) is 0.688. The maximum atomic E-state index is 12.2. The normalized spacial score (nSPS) is 22.5. The fourth-order valence-electron chi connectivity index (χ4n) is 3.41. The first kappa shape index (κ1) is 15.8. The van der Waals surface area contributed by atoms with Gasteiger partial charge in [-0.3, -0.25) is 9.69 Å². The Balaban J connectivity index is 1.57. The van der Waals surface area contributed by atoms with Gasteiger partial charge in [0.15, 0.2) is 0 Å². The fourth-order valence-corrected chi connectivity index (χ4v) is 3.41. The molecule has 0 bridgehead atoms. The van der Waals surface area contributed by atoms with E-state index in [4.69, 9.17) is 9.26 Å². The average molecular weight is 321 g/mol. The van der Waals surface area contributed by atoms with Crippen LogP contribution in [0.15, 0.2) is 16.8 Å². The van der Waals surface area contributed by atoms with Gasteiger partial charge in [-0.15, -0.1) is 0 Å². The lowest BCUT2D eigenvalue weighted by Gasteiger charge is -2.37. The summed E-state index contributed by atoms with van der Waals surface area (Å²) in [5.74, 6) is 0.136. The van der Waals surface area contributed by atoms with E-state index in [0.717, 1.165) is 32.1 Å². The Bertz CT molecular complexity index is 538. The maximum Gasteiger partial charge on any atom is 0.410 e. The number of unbranched alkanes of at least 4 members (excludes halogenated alkanes) is 1.